The predicted octanol–water partition coefficient (Wildman–Crippen LogP) is 1.69. The lowest BCUT2D eigenvalue weighted by Gasteiger charge is -2.05. The minimum atomic E-state index is -0.184. The van der Waals surface area contributed by atoms with E-state index in [-0.39, 0.29) is 5.56 Å². The fourth-order valence-electron chi connectivity index (χ4n) is 1.08. The van der Waals surface area contributed by atoms with E-state index in [9.17, 15) is 4.79 Å². The standard InChI is InChI=1S/C11H9NO2/c13-11-8-4-5-9-12(11)14-10-6-2-1-3-7-10/h1-9H. The Morgan fingerprint density at radius 1 is 0.929 bits per heavy atom. The fraction of sp³-hybridized carbons (Fsp3) is 0. The van der Waals surface area contributed by atoms with Gasteiger partial charge >= 0.3 is 0 Å². The van der Waals surface area contributed by atoms with E-state index in [4.69, 9.17) is 4.84 Å². The van der Waals surface area contributed by atoms with Crippen LogP contribution >= 0.6 is 0 Å². The van der Waals surface area contributed by atoms with Gasteiger partial charge in [-0.25, -0.2) is 0 Å². The largest absolute Gasteiger partial charge is 0.372 e. The van der Waals surface area contributed by atoms with Gasteiger partial charge < -0.3 is 4.84 Å². The van der Waals surface area contributed by atoms with Crippen molar-refractivity contribution in [2.75, 3.05) is 0 Å². The van der Waals surface area contributed by atoms with Crippen LogP contribution in [0.3, 0.4) is 0 Å². The van der Waals surface area contributed by atoms with E-state index >= 15 is 0 Å². The molecule has 2 rings (SSSR count). The predicted molar refractivity (Wildman–Crippen MR) is 53.2 cm³/mol. The van der Waals surface area contributed by atoms with E-state index in [2.05, 4.69) is 0 Å². The summed E-state index contributed by atoms with van der Waals surface area (Å²) < 4.78 is 1.19. The molecule has 0 unspecified atom stereocenters. The number of hydrogen-bond acceptors (Lipinski definition) is 2. The summed E-state index contributed by atoms with van der Waals surface area (Å²) in [4.78, 5) is 16.6. The molecule has 14 heavy (non-hydrogen) atoms. The van der Waals surface area contributed by atoms with Gasteiger partial charge in [-0.2, -0.15) is 0 Å². The summed E-state index contributed by atoms with van der Waals surface area (Å²) in [5.41, 5.74) is -0.184. The molecule has 0 fully saturated rings. The van der Waals surface area contributed by atoms with Crippen LogP contribution in [0.15, 0.2) is 59.5 Å². The molecule has 3 heteroatoms. The molecule has 70 valence electrons. The van der Waals surface area contributed by atoms with Crippen molar-refractivity contribution in [1.29, 1.82) is 0 Å². The summed E-state index contributed by atoms with van der Waals surface area (Å²) in [7, 11) is 0. The summed E-state index contributed by atoms with van der Waals surface area (Å²) in [6.07, 6.45) is 1.58. The molecule has 0 N–H and O–H groups in total. The van der Waals surface area contributed by atoms with E-state index in [0.717, 1.165) is 0 Å². The lowest BCUT2D eigenvalue weighted by molar-refractivity contribution is 0.204. The first-order valence-electron chi connectivity index (χ1n) is 4.27. The highest BCUT2D eigenvalue weighted by molar-refractivity contribution is 5.20. The summed E-state index contributed by atoms with van der Waals surface area (Å²) >= 11 is 0. The van der Waals surface area contributed by atoms with Gasteiger partial charge in [0.2, 0.25) is 0 Å². The molecule has 0 radical (unpaired) electrons. The van der Waals surface area contributed by atoms with Gasteiger partial charge in [0.1, 0.15) is 0 Å². The van der Waals surface area contributed by atoms with Gasteiger partial charge in [-0.15, -0.1) is 4.73 Å². The van der Waals surface area contributed by atoms with Crippen LogP contribution < -0.4 is 10.4 Å². The minimum absolute atomic E-state index is 0.184. The molecule has 0 bridgehead atoms. The van der Waals surface area contributed by atoms with Crippen molar-refractivity contribution >= 4 is 0 Å². The summed E-state index contributed by atoms with van der Waals surface area (Å²) in [6, 6.07) is 14.0. The first-order chi connectivity index (χ1) is 6.86. The molecule has 3 nitrogen and oxygen atoms in total. The minimum Gasteiger partial charge on any atom is -0.372 e. The van der Waals surface area contributed by atoms with Crippen LogP contribution in [0.5, 0.6) is 5.75 Å². The zero-order valence-electron chi connectivity index (χ0n) is 7.46. The van der Waals surface area contributed by atoms with Crippen molar-refractivity contribution < 1.29 is 4.84 Å². The second-order valence-corrected chi connectivity index (χ2v) is 2.77. The monoisotopic (exact) mass is 187 g/mol. The Morgan fingerprint density at radius 3 is 2.36 bits per heavy atom. The van der Waals surface area contributed by atoms with E-state index in [0.29, 0.717) is 5.75 Å². The normalized spacial score (nSPS) is 9.71. The van der Waals surface area contributed by atoms with E-state index in [1.807, 2.05) is 18.2 Å². The summed E-state index contributed by atoms with van der Waals surface area (Å²) in [5, 5.41) is 0. The van der Waals surface area contributed by atoms with Crippen LogP contribution in [0.2, 0.25) is 0 Å². The molecular formula is C11H9NO2. The highest BCUT2D eigenvalue weighted by Crippen LogP contribution is 2.07. The number of para-hydroxylation sites is 1. The Hall–Kier alpha value is -2.03. The molecule has 1 heterocycles. The second-order valence-electron chi connectivity index (χ2n) is 2.77. The van der Waals surface area contributed by atoms with E-state index < -0.39 is 0 Å². The molecule has 2 aromatic rings. The SMILES string of the molecule is O=c1ccccn1Oc1ccccc1. The van der Waals surface area contributed by atoms with Gasteiger partial charge in [0, 0.05) is 12.3 Å². The third-order valence-corrected chi connectivity index (χ3v) is 1.74. The number of nitrogens with zero attached hydrogens (tertiary/aromatic N) is 1. The smallest absolute Gasteiger partial charge is 0.283 e. The van der Waals surface area contributed by atoms with Crippen molar-refractivity contribution in [3.63, 3.8) is 0 Å². The number of aromatic nitrogens is 1. The molecule has 0 spiro atoms. The lowest BCUT2D eigenvalue weighted by Crippen LogP contribution is -2.21. The molecule has 0 amide bonds. The van der Waals surface area contributed by atoms with Gasteiger partial charge in [0.25, 0.3) is 5.56 Å². The van der Waals surface area contributed by atoms with Gasteiger partial charge in [-0.3, -0.25) is 4.79 Å². The molecule has 0 saturated carbocycles. The lowest BCUT2D eigenvalue weighted by atomic mass is 10.3. The zero-order chi connectivity index (χ0) is 9.80. The second kappa shape index (κ2) is 3.79. The first-order valence-corrected chi connectivity index (χ1v) is 4.27. The Labute approximate surface area is 81.1 Å². The third-order valence-electron chi connectivity index (χ3n) is 1.74. The zero-order valence-corrected chi connectivity index (χ0v) is 7.46. The number of hydrogen-bond donors (Lipinski definition) is 0. The molecular weight excluding hydrogens is 178 g/mol. The van der Waals surface area contributed by atoms with E-state index in [1.165, 1.54) is 10.8 Å². The van der Waals surface area contributed by atoms with Crippen molar-refractivity contribution in [2.45, 2.75) is 0 Å². The van der Waals surface area contributed by atoms with Crippen LogP contribution in [0.1, 0.15) is 0 Å². The Kier molecular flexibility index (Phi) is 2.32. The maximum Gasteiger partial charge on any atom is 0.283 e. The topological polar surface area (TPSA) is 31.2 Å². The maximum absolute atomic E-state index is 11.3. The Morgan fingerprint density at radius 2 is 1.64 bits per heavy atom. The summed E-state index contributed by atoms with van der Waals surface area (Å²) in [5.74, 6) is 0.640. The Balaban J connectivity index is 2.28. The molecule has 0 aliphatic carbocycles. The number of rotatable bonds is 2. The quantitative estimate of drug-likeness (QED) is 0.716. The van der Waals surface area contributed by atoms with E-state index in [1.54, 1.807) is 30.5 Å². The average molecular weight is 187 g/mol. The van der Waals surface area contributed by atoms with Crippen LogP contribution in [-0.4, -0.2) is 4.73 Å². The van der Waals surface area contributed by atoms with Gasteiger partial charge in [0.15, 0.2) is 5.75 Å². The van der Waals surface area contributed by atoms with Crippen molar-refractivity contribution in [3.8, 4) is 5.75 Å². The highest BCUT2D eigenvalue weighted by atomic mass is 16.7. The number of benzene rings is 1. The number of pyridine rings is 1. The van der Waals surface area contributed by atoms with Gasteiger partial charge in [-0.05, 0) is 18.2 Å². The first kappa shape index (κ1) is 8.56. The molecule has 0 atom stereocenters. The molecule has 1 aromatic heterocycles. The van der Waals surface area contributed by atoms with Crippen LogP contribution in [-0.2, 0) is 0 Å². The molecule has 1 aromatic carbocycles. The van der Waals surface area contributed by atoms with Crippen LogP contribution in [0.4, 0.5) is 0 Å². The van der Waals surface area contributed by atoms with Crippen molar-refractivity contribution in [3.05, 3.63) is 65.1 Å². The average Bonchev–Trinajstić information content (AvgIpc) is 2.23. The van der Waals surface area contributed by atoms with Crippen molar-refractivity contribution in [2.24, 2.45) is 0 Å². The van der Waals surface area contributed by atoms with Crippen molar-refractivity contribution in [1.82, 2.24) is 4.73 Å². The Bertz CT molecular complexity index is 462. The molecule has 0 aliphatic rings. The highest BCUT2D eigenvalue weighted by Gasteiger charge is 1.95. The van der Waals surface area contributed by atoms with Crippen LogP contribution in [0, 0.1) is 0 Å². The van der Waals surface area contributed by atoms with Gasteiger partial charge in [0.05, 0.1) is 0 Å². The fourth-order valence-corrected chi connectivity index (χ4v) is 1.08. The third kappa shape index (κ3) is 1.82. The van der Waals surface area contributed by atoms with Crippen LogP contribution in [0.25, 0.3) is 0 Å². The van der Waals surface area contributed by atoms with Gasteiger partial charge in [-0.1, -0.05) is 24.3 Å². The molecule has 0 saturated heterocycles. The molecule has 0 aliphatic heterocycles. The maximum atomic E-state index is 11.3. The summed E-state index contributed by atoms with van der Waals surface area (Å²) in [6.45, 7) is 0.